The molecular weight excluding hydrogens is 452 g/mol. The van der Waals surface area contributed by atoms with Gasteiger partial charge in [0.05, 0.1) is 18.3 Å². The van der Waals surface area contributed by atoms with Crippen molar-refractivity contribution < 1.29 is 19.4 Å². The molecule has 1 fully saturated rings. The lowest BCUT2D eigenvalue weighted by Crippen LogP contribution is -2.42. The number of aliphatic hydroxyl groups is 1. The maximum absolute atomic E-state index is 12.5. The van der Waals surface area contributed by atoms with E-state index in [9.17, 15) is 20.0 Å². The van der Waals surface area contributed by atoms with Gasteiger partial charge in [0.25, 0.3) is 0 Å². The minimum Gasteiger partial charge on any atom is -0.449 e. The van der Waals surface area contributed by atoms with Crippen LogP contribution >= 0.6 is 11.3 Å². The first-order valence-electron chi connectivity index (χ1n) is 11.5. The Bertz CT molecular complexity index is 1140. The van der Waals surface area contributed by atoms with E-state index in [-0.39, 0.29) is 17.9 Å². The number of hydrogen-bond acceptors (Lipinski definition) is 7. The summed E-state index contributed by atoms with van der Waals surface area (Å²) in [7, 11) is 0. The normalized spacial score (nSPS) is 20.0. The van der Waals surface area contributed by atoms with Crippen molar-refractivity contribution in [1.82, 2.24) is 9.88 Å². The quantitative estimate of drug-likeness (QED) is 0.631. The van der Waals surface area contributed by atoms with Gasteiger partial charge in [-0.2, -0.15) is 5.26 Å². The van der Waals surface area contributed by atoms with Gasteiger partial charge in [0.15, 0.2) is 0 Å². The second-order valence-electron chi connectivity index (χ2n) is 8.80. The SMILES string of the molecule is Cc1ccncc1/C=C/C(=O)Nc1sc2c(c1C#N)CCC(COC(=O)N1CCC[C@@H](O)C1)C2. The lowest BCUT2D eigenvalue weighted by molar-refractivity contribution is -0.111. The monoisotopic (exact) mass is 480 g/mol. The summed E-state index contributed by atoms with van der Waals surface area (Å²) in [4.78, 5) is 31.5. The van der Waals surface area contributed by atoms with Crippen molar-refractivity contribution in [3.8, 4) is 6.07 Å². The van der Waals surface area contributed by atoms with Crippen molar-refractivity contribution in [2.24, 2.45) is 5.92 Å². The van der Waals surface area contributed by atoms with Crippen molar-refractivity contribution in [2.45, 2.75) is 45.1 Å². The molecule has 1 unspecified atom stereocenters. The summed E-state index contributed by atoms with van der Waals surface area (Å²) >= 11 is 1.42. The fraction of sp³-hybridized carbons (Fsp3) is 0.440. The molecule has 2 amide bonds. The molecule has 2 aromatic rings. The molecule has 34 heavy (non-hydrogen) atoms. The molecule has 2 aromatic heterocycles. The molecule has 0 saturated carbocycles. The Kier molecular flexibility index (Phi) is 7.60. The number of amides is 2. The Hall–Kier alpha value is -3.22. The molecule has 1 aliphatic carbocycles. The van der Waals surface area contributed by atoms with Gasteiger partial charge in [-0.25, -0.2) is 4.79 Å². The number of aromatic nitrogens is 1. The number of nitriles is 1. The number of anilines is 1. The molecule has 1 saturated heterocycles. The van der Waals surface area contributed by atoms with Gasteiger partial charge < -0.3 is 20.1 Å². The molecule has 9 heteroatoms. The minimum absolute atomic E-state index is 0.161. The third-order valence-corrected chi connectivity index (χ3v) is 7.48. The lowest BCUT2D eigenvalue weighted by Gasteiger charge is -2.30. The molecular formula is C25H28N4O4S. The first-order valence-corrected chi connectivity index (χ1v) is 12.3. The molecule has 1 aliphatic heterocycles. The van der Waals surface area contributed by atoms with E-state index in [1.807, 2.05) is 13.0 Å². The van der Waals surface area contributed by atoms with Crippen LogP contribution in [0.25, 0.3) is 6.08 Å². The smallest absolute Gasteiger partial charge is 0.409 e. The van der Waals surface area contributed by atoms with Gasteiger partial charge in [-0.3, -0.25) is 9.78 Å². The van der Waals surface area contributed by atoms with Crippen molar-refractivity contribution in [3.63, 3.8) is 0 Å². The number of aryl methyl sites for hydroxylation is 1. The number of hydrogen-bond donors (Lipinski definition) is 2. The minimum atomic E-state index is -0.481. The zero-order valence-corrected chi connectivity index (χ0v) is 19.9. The molecule has 2 atom stereocenters. The first kappa shape index (κ1) is 23.9. The zero-order chi connectivity index (χ0) is 24.1. The highest BCUT2D eigenvalue weighted by atomic mass is 32.1. The van der Waals surface area contributed by atoms with Crippen molar-refractivity contribution in [3.05, 3.63) is 51.7 Å². The Balaban J connectivity index is 1.36. The highest BCUT2D eigenvalue weighted by molar-refractivity contribution is 7.16. The Labute approximate surface area is 202 Å². The number of likely N-dealkylation sites (tertiary alicyclic amines) is 1. The Morgan fingerprint density at radius 1 is 1.44 bits per heavy atom. The van der Waals surface area contributed by atoms with Gasteiger partial charge in [0, 0.05) is 36.4 Å². The maximum atomic E-state index is 12.5. The third-order valence-electron chi connectivity index (χ3n) is 6.31. The van der Waals surface area contributed by atoms with Crippen LogP contribution in [-0.2, 0) is 22.4 Å². The average Bonchev–Trinajstić information content (AvgIpc) is 3.18. The highest BCUT2D eigenvalue weighted by Crippen LogP contribution is 2.39. The number of nitrogens with one attached hydrogen (secondary N) is 1. The van der Waals surface area contributed by atoms with E-state index in [0.29, 0.717) is 49.5 Å². The predicted octanol–water partition coefficient (Wildman–Crippen LogP) is 3.67. The summed E-state index contributed by atoms with van der Waals surface area (Å²) in [5.74, 6) is -0.138. The van der Waals surface area contributed by atoms with Gasteiger partial charge in [-0.1, -0.05) is 0 Å². The largest absolute Gasteiger partial charge is 0.449 e. The second kappa shape index (κ2) is 10.8. The second-order valence-corrected chi connectivity index (χ2v) is 9.91. The number of rotatable bonds is 5. The lowest BCUT2D eigenvalue weighted by atomic mass is 9.88. The van der Waals surface area contributed by atoms with Gasteiger partial charge in [-0.15, -0.1) is 11.3 Å². The number of nitrogens with zero attached hydrogens (tertiary/aromatic N) is 3. The van der Waals surface area contributed by atoms with Crippen LogP contribution in [-0.4, -0.2) is 52.8 Å². The molecule has 4 rings (SSSR count). The van der Waals surface area contributed by atoms with Gasteiger partial charge >= 0.3 is 6.09 Å². The molecule has 2 aliphatic rings. The molecule has 8 nitrogen and oxygen atoms in total. The number of ether oxygens (including phenoxy) is 1. The molecule has 0 radical (unpaired) electrons. The van der Waals surface area contributed by atoms with E-state index in [0.717, 1.165) is 34.4 Å². The van der Waals surface area contributed by atoms with Crippen LogP contribution in [0.15, 0.2) is 24.5 Å². The fourth-order valence-corrected chi connectivity index (χ4v) is 5.69. The van der Waals surface area contributed by atoms with Crippen LogP contribution in [0, 0.1) is 24.2 Å². The molecule has 0 spiro atoms. The van der Waals surface area contributed by atoms with Crippen molar-refractivity contribution in [1.29, 1.82) is 5.26 Å². The summed E-state index contributed by atoms with van der Waals surface area (Å²) in [5.41, 5.74) is 3.39. The Morgan fingerprint density at radius 3 is 3.06 bits per heavy atom. The number of fused-ring (bicyclic) bond motifs is 1. The summed E-state index contributed by atoms with van der Waals surface area (Å²) < 4.78 is 5.53. The van der Waals surface area contributed by atoms with Crippen LogP contribution in [0.5, 0.6) is 0 Å². The van der Waals surface area contributed by atoms with Gasteiger partial charge in [0.1, 0.15) is 11.1 Å². The first-order chi connectivity index (χ1) is 16.4. The molecule has 178 valence electrons. The van der Waals surface area contributed by atoms with Gasteiger partial charge in [0.2, 0.25) is 5.91 Å². The molecule has 0 bridgehead atoms. The van der Waals surface area contributed by atoms with Crippen LogP contribution in [0.3, 0.4) is 0 Å². The van der Waals surface area contributed by atoms with E-state index in [2.05, 4.69) is 16.4 Å². The number of pyridine rings is 1. The van der Waals surface area contributed by atoms with Crippen LogP contribution in [0.1, 0.15) is 46.4 Å². The van der Waals surface area contributed by atoms with Crippen LogP contribution in [0.2, 0.25) is 0 Å². The molecule has 3 heterocycles. The molecule has 2 N–H and O–H groups in total. The van der Waals surface area contributed by atoms with Crippen LogP contribution in [0.4, 0.5) is 9.80 Å². The summed E-state index contributed by atoms with van der Waals surface area (Å²) in [6.45, 7) is 3.18. The van der Waals surface area contributed by atoms with Gasteiger partial charge in [-0.05, 0) is 73.8 Å². The standard InChI is InChI=1S/C25H28N4O4S/c1-16-8-9-27-13-18(16)5-7-23(31)28-24-21(12-26)20-6-4-17(11-22(20)34-24)15-33-25(32)29-10-2-3-19(30)14-29/h5,7-9,13,17,19,30H,2-4,6,10-11,14-15H2,1H3,(H,28,31)/b7-5+/t17?,19-/m1/s1. The molecule has 0 aromatic carbocycles. The number of β-amino-alcohol motifs (C(OH)–C–C–N with tert-alkyl or cyclic N) is 1. The predicted molar refractivity (Wildman–Crippen MR) is 129 cm³/mol. The van der Waals surface area contributed by atoms with E-state index in [1.165, 1.54) is 17.4 Å². The number of carbonyl (C=O) groups excluding carboxylic acids is 2. The van der Waals surface area contributed by atoms with E-state index >= 15 is 0 Å². The average molecular weight is 481 g/mol. The maximum Gasteiger partial charge on any atom is 0.409 e. The van der Waals surface area contributed by atoms with E-state index < -0.39 is 6.10 Å². The summed E-state index contributed by atoms with van der Waals surface area (Å²) in [6, 6.07) is 4.13. The Morgan fingerprint density at radius 2 is 2.29 bits per heavy atom. The summed E-state index contributed by atoms with van der Waals surface area (Å²) in [6.07, 6.45) is 9.41. The third kappa shape index (κ3) is 5.64. The van der Waals surface area contributed by atoms with E-state index in [4.69, 9.17) is 4.74 Å². The van der Waals surface area contributed by atoms with Crippen LogP contribution < -0.4 is 5.32 Å². The number of piperidine rings is 1. The van der Waals surface area contributed by atoms with Crippen molar-refractivity contribution >= 4 is 34.4 Å². The van der Waals surface area contributed by atoms with E-state index in [1.54, 1.807) is 23.4 Å². The number of aliphatic hydroxyl groups excluding tert-OH is 1. The fourth-order valence-electron chi connectivity index (χ4n) is 4.37. The summed E-state index contributed by atoms with van der Waals surface area (Å²) in [5, 5.41) is 22.9. The highest BCUT2D eigenvalue weighted by Gasteiger charge is 2.28. The number of thiophene rings is 1. The number of carbonyl (C=O) groups is 2. The topological polar surface area (TPSA) is 116 Å². The zero-order valence-electron chi connectivity index (χ0n) is 19.1. The van der Waals surface area contributed by atoms with Crippen molar-refractivity contribution in [2.75, 3.05) is 25.0 Å².